The number of nitrogens with zero attached hydrogens (tertiary/aromatic N) is 1. The van der Waals surface area contributed by atoms with Crippen molar-refractivity contribution in [1.82, 2.24) is 4.98 Å². The average Bonchev–Trinajstić information content (AvgIpc) is 2.75. The van der Waals surface area contributed by atoms with E-state index in [0.717, 1.165) is 5.52 Å². The minimum Gasteiger partial charge on any atom is -0.324 e. The number of benzene rings is 1. The zero-order valence-corrected chi connectivity index (χ0v) is 11.4. The van der Waals surface area contributed by atoms with Crippen molar-refractivity contribution in [2.75, 3.05) is 0 Å². The van der Waals surface area contributed by atoms with E-state index in [2.05, 4.69) is 29.2 Å². The lowest BCUT2D eigenvalue weighted by atomic mass is 9.86. The Balaban J connectivity index is 1.94. The summed E-state index contributed by atoms with van der Waals surface area (Å²) in [6.07, 6.45) is 9.82. The fraction of sp³-hybridized carbons (Fsp3) is 0.471. The van der Waals surface area contributed by atoms with Gasteiger partial charge in [-0.25, -0.2) is 0 Å². The first-order chi connectivity index (χ1) is 9.36. The van der Waals surface area contributed by atoms with Crippen LogP contribution in [0.15, 0.2) is 36.5 Å². The van der Waals surface area contributed by atoms with Crippen molar-refractivity contribution in [3.05, 3.63) is 42.1 Å². The summed E-state index contributed by atoms with van der Waals surface area (Å²) in [4.78, 5) is 4.43. The maximum absolute atomic E-state index is 6.58. The first-order valence-corrected chi connectivity index (χ1v) is 7.45. The first kappa shape index (κ1) is 12.6. The van der Waals surface area contributed by atoms with Crippen LogP contribution in [0.25, 0.3) is 10.9 Å². The molecule has 1 heterocycles. The van der Waals surface area contributed by atoms with Crippen LogP contribution in [-0.4, -0.2) is 4.98 Å². The Morgan fingerprint density at radius 3 is 2.58 bits per heavy atom. The van der Waals surface area contributed by atoms with Gasteiger partial charge < -0.3 is 5.73 Å². The zero-order valence-electron chi connectivity index (χ0n) is 11.4. The van der Waals surface area contributed by atoms with E-state index < -0.39 is 0 Å². The van der Waals surface area contributed by atoms with Gasteiger partial charge in [-0.3, -0.25) is 4.98 Å². The molecule has 0 saturated heterocycles. The van der Waals surface area contributed by atoms with Gasteiger partial charge in [0.05, 0.1) is 5.52 Å². The molecule has 1 aromatic heterocycles. The lowest BCUT2D eigenvalue weighted by Gasteiger charge is -2.23. The molecule has 0 spiro atoms. The Labute approximate surface area is 115 Å². The number of nitrogens with two attached hydrogens (primary N) is 1. The average molecular weight is 254 g/mol. The van der Waals surface area contributed by atoms with E-state index in [4.69, 9.17) is 5.73 Å². The molecule has 0 amide bonds. The highest BCUT2D eigenvalue weighted by Gasteiger charge is 2.22. The SMILES string of the molecule is NC(c1cccc2ncccc12)C1CCCCCC1. The fourth-order valence-corrected chi connectivity index (χ4v) is 3.34. The summed E-state index contributed by atoms with van der Waals surface area (Å²) in [6, 6.07) is 10.6. The number of hydrogen-bond acceptors (Lipinski definition) is 2. The van der Waals surface area contributed by atoms with Crippen molar-refractivity contribution in [2.45, 2.75) is 44.6 Å². The monoisotopic (exact) mass is 254 g/mol. The topological polar surface area (TPSA) is 38.9 Å². The van der Waals surface area contributed by atoms with Crippen molar-refractivity contribution in [2.24, 2.45) is 11.7 Å². The summed E-state index contributed by atoms with van der Waals surface area (Å²) in [5.74, 6) is 0.633. The molecule has 2 nitrogen and oxygen atoms in total. The van der Waals surface area contributed by atoms with Crippen LogP contribution in [0.2, 0.25) is 0 Å². The van der Waals surface area contributed by atoms with E-state index in [9.17, 15) is 0 Å². The first-order valence-electron chi connectivity index (χ1n) is 7.45. The molecule has 3 rings (SSSR count). The van der Waals surface area contributed by atoms with Gasteiger partial charge >= 0.3 is 0 Å². The second-order valence-corrected chi connectivity index (χ2v) is 5.69. The van der Waals surface area contributed by atoms with Crippen molar-refractivity contribution >= 4 is 10.9 Å². The third-order valence-corrected chi connectivity index (χ3v) is 4.45. The molecule has 2 aromatic rings. The van der Waals surface area contributed by atoms with Crippen LogP contribution in [0, 0.1) is 5.92 Å². The normalized spacial score (nSPS) is 19.2. The van der Waals surface area contributed by atoms with E-state index in [1.54, 1.807) is 0 Å². The molecule has 1 aliphatic rings. The third-order valence-electron chi connectivity index (χ3n) is 4.45. The van der Waals surface area contributed by atoms with Gasteiger partial charge in [0, 0.05) is 17.6 Å². The largest absolute Gasteiger partial charge is 0.324 e. The molecule has 1 fully saturated rings. The van der Waals surface area contributed by atoms with Gasteiger partial charge in [-0.15, -0.1) is 0 Å². The van der Waals surface area contributed by atoms with Crippen LogP contribution < -0.4 is 5.73 Å². The molecule has 1 aliphatic carbocycles. The lowest BCUT2D eigenvalue weighted by Crippen LogP contribution is -2.21. The molecule has 0 radical (unpaired) electrons. The van der Waals surface area contributed by atoms with Crippen molar-refractivity contribution in [3.63, 3.8) is 0 Å². The molecular weight excluding hydrogens is 232 g/mol. The van der Waals surface area contributed by atoms with Crippen LogP contribution in [-0.2, 0) is 0 Å². The van der Waals surface area contributed by atoms with E-state index in [1.165, 1.54) is 49.5 Å². The number of rotatable bonds is 2. The van der Waals surface area contributed by atoms with Gasteiger partial charge in [0.2, 0.25) is 0 Å². The Morgan fingerprint density at radius 2 is 1.79 bits per heavy atom. The molecule has 0 aliphatic heterocycles. The highest BCUT2D eigenvalue weighted by molar-refractivity contribution is 5.82. The van der Waals surface area contributed by atoms with Crippen molar-refractivity contribution < 1.29 is 0 Å². The van der Waals surface area contributed by atoms with Crippen LogP contribution in [0.4, 0.5) is 0 Å². The Hall–Kier alpha value is -1.41. The van der Waals surface area contributed by atoms with E-state index in [1.807, 2.05) is 12.3 Å². The van der Waals surface area contributed by atoms with Gasteiger partial charge in [0.15, 0.2) is 0 Å². The molecule has 1 aromatic carbocycles. The quantitative estimate of drug-likeness (QED) is 0.815. The number of aromatic nitrogens is 1. The number of pyridine rings is 1. The lowest BCUT2D eigenvalue weighted by molar-refractivity contribution is 0.384. The van der Waals surface area contributed by atoms with Gasteiger partial charge in [0.25, 0.3) is 0 Å². The van der Waals surface area contributed by atoms with Crippen molar-refractivity contribution in [3.8, 4) is 0 Å². The van der Waals surface area contributed by atoms with Crippen LogP contribution in [0.1, 0.15) is 50.1 Å². The summed E-state index contributed by atoms with van der Waals surface area (Å²) >= 11 is 0. The third kappa shape index (κ3) is 2.64. The minimum absolute atomic E-state index is 0.158. The molecule has 1 unspecified atom stereocenters. The van der Waals surface area contributed by atoms with Gasteiger partial charge in [-0.1, -0.05) is 43.9 Å². The second kappa shape index (κ2) is 5.70. The van der Waals surface area contributed by atoms with E-state index in [-0.39, 0.29) is 6.04 Å². The molecule has 0 bridgehead atoms. The Kier molecular flexibility index (Phi) is 3.79. The standard InChI is InChI=1S/C17H22N2/c18-17(13-7-3-1-2-4-8-13)15-9-5-11-16-14(15)10-6-12-19-16/h5-6,9-13,17H,1-4,7-8,18H2. The number of hydrogen-bond donors (Lipinski definition) is 1. The summed E-state index contributed by atoms with van der Waals surface area (Å²) in [6.45, 7) is 0. The Morgan fingerprint density at radius 1 is 1.00 bits per heavy atom. The maximum atomic E-state index is 6.58. The van der Waals surface area contributed by atoms with E-state index in [0.29, 0.717) is 5.92 Å². The summed E-state index contributed by atoms with van der Waals surface area (Å²) < 4.78 is 0. The molecule has 2 N–H and O–H groups in total. The zero-order chi connectivity index (χ0) is 13.1. The molecule has 100 valence electrons. The van der Waals surface area contributed by atoms with Crippen LogP contribution in [0.5, 0.6) is 0 Å². The van der Waals surface area contributed by atoms with E-state index >= 15 is 0 Å². The van der Waals surface area contributed by atoms with Crippen LogP contribution >= 0.6 is 0 Å². The predicted molar refractivity (Wildman–Crippen MR) is 79.9 cm³/mol. The predicted octanol–water partition coefficient (Wildman–Crippen LogP) is 4.21. The molecule has 1 atom stereocenters. The maximum Gasteiger partial charge on any atom is 0.0705 e. The summed E-state index contributed by atoms with van der Waals surface area (Å²) in [5, 5.41) is 1.22. The molecule has 19 heavy (non-hydrogen) atoms. The molecule has 2 heteroatoms. The summed E-state index contributed by atoms with van der Waals surface area (Å²) in [5.41, 5.74) is 8.91. The van der Waals surface area contributed by atoms with Gasteiger partial charge in [-0.2, -0.15) is 0 Å². The summed E-state index contributed by atoms with van der Waals surface area (Å²) in [7, 11) is 0. The second-order valence-electron chi connectivity index (χ2n) is 5.69. The van der Waals surface area contributed by atoms with Crippen LogP contribution in [0.3, 0.4) is 0 Å². The number of fused-ring (bicyclic) bond motifs is 1. The van der Waals surface area contributed by atoms with Gasteiger partial charge in [0.1, 0.15) is 0 Å². The fourth-order valence-electron chi connectivity index (χ4n) is 3.34. The van der Waals surface area contributed by atoms with Crippen molar-refractivity contribution in [1.29, 1.82) is 0 Å². The smallest absolute Gasteiger partial charge is 0.0705 e. The highest BCUT2D eigenvalue weighted by atomic mass is 14.7. The molecule has 1 saturated carbocycles. The highest BCUT2D eigenvalue weighted by Crippen LogP contribution is 2.34. The van der Waals surface area contributed by atoms with Gasteiger partial charge in [-0.05, 0) is 36.5 Å². The molecular formula is C17H22N2. The minimum atomic E-state index is 0.158. The Bertz CT molecular complexity index is 536.